The molecule has 6 nitrogen and oxygen atoms in total. The second-order valence-electron chi connectivity index (χ2n) is 4.93. The summed E-state index contributed by atoms with van der Waals surface area (Å²) in [5.74, 6) is -0.300. The van der Waals surface area contributed by atoms with Crippen LogP contribution < -0.4 is 15.8 Å². The van der Waals surface area contributed by atoms with Crippen LogP contribution in [0, 0.1) is 11.3 Å². The Bertz CT molecular complexity index is 738. The van der Waals surface area contributed by atoms with E-state index < -0.39 is 0 Å². The van der Waals surface area contributed by atoms with Gasteiger partial charge in [-0.15, -0.1) is 0 Å². The number of rotatable bonds is 5. The molecule has 23 heavy (non-hydrogen) atoms. The van der Waals surface area contributed by atoms with E-state index in [1.54, 1.807) is 6.92 Å². The Morgan fingerprint density at radius 1 is 1.43 bits per heavy atom. The highest BCUT2D eigenvalue weighted by Crippen LogP contribution is 2.23. The number of nitrogens with zero attached hydrogens (tertiary/aromatic N) is 2. The van der Waals surface area contributed by atoms with Gasteiger partial charge in [-0.25, -0.2) is 4.98 Å². The minimum Gasteiger partial charge on any atom is -0.477 e. The number of ether oxygens (including phenoxy) is 1. The molecule has 1 aromatic carbocycles. The van der Waals surface area contributed by atoms with Crippen LogP contribution in [0.25, 0.3) is 0 Å². The maximum absolute atomic E-state index is 12.4. The standard InChI is InChI=1S/C17H18N4O2/c1-3-23-17-13(10-18)14(19)9-15(21-17)16(22)20-11(2)12-7-5-4-6-8-12/h4-9,11H,3H2,1-2H3,(H2,19,21)(H,20,22)/t11-/m1/s1. The van der Waals surface area contributed by atoms with Crippen molar-refractivity contribution in [1.82, 2.24) is 10.3 Å². The number of pyridine rings is 1. The van der Waals surface area contributed by atoms with E-state index in [9.17, 15) is 4.79 Å². The van der Waals surface area contributed by atoms with Crippen LogP contribution in [0.15, 0.2) is 36.4 Å². The Labute approximate surface area is 134 Å². The average molecular weight is 310 g/mol. The van der Waals surface area contributed by atoms with Crippen LogP contribution in [0.2, 0.25) is 0 Å². The first-order valence-corrected chi connectivity index (χ1v) is 7.26. The molecule has 3 N–H and O–H groups in total. The van der Waals surface area contributed by atoms with Gasteiger partial charge in [0.15, 0.2) is 0 Å². The van der Waals surface area contributed by atoms with Gasteiger partial charge >= 0.3 is 0 Å². The number of benzene rings is 1. The molecule has 0 saturated carbocycles. The topological polar surface area (TPSA) is 101 Å². The van der Waals surface area contributed by atoms with Crippen molar-refractivity contribution in [3.63, 3.8) is 0 Å². The molecule has 0 saturated heterocycles. The molecule has 0 aliphatic carbocycles. The number of nitrogens with two attached hydrogens (primary N) is 1. The Morgan fingerprint density at radius 3 is 2.74 bits per heavy atom. The summed E-state index contributed by atoms with van der Waals surface area (Å²) in [6, 6.07) is 12.7. The van der Waals surface area contributed by atoms with Crippen LogP contribution in [0.5, 0.6) is 5.88 Å². The van der Waals surface area contributed by atoms with Gasteiger partial charge in [0.05, 0.1) is 18.3 Å². The molecular formula is C17H18N4O2. The molecule has 0 bridgehead atoms. The van der Waals surface area contributed by atoms with Crippen molar-refractivity contribution in [2.75, 3.05) is 12.3 Å². The lowest BCUT2D eigenvalue weighted by Crippen LogP contribution is -2.27. The summed E-state index contributed by atoms with van der Waals surface area (Å²) in [5, 5.41) is 11.9. The van der Waals surface area contributed by atoms with E-state index in [0.717, 1.165) is 5.56 Å². The Hall–Kier alpha value is -3.07. The quantitative estimate of drug-likeness (QED) is 0.883. The number of carbonyl (C=O) groups excluding carboxylic acids is 1. The summed E-state index contributed by atoms with van der Waals surface area (Å²) in [5.41, 5.74) is 7.23. The third kappa shape index (κ3) is 3.77. The molecule has 1 amide bonds. The van der Waals surface area contributed by atoms with Gasteiger partial charge in [0.25, 0.3) is 5.91 Å². The van der Waals surface area contributed by atoms with Gasteiger partial charge in [0.2, 0.25) is 5.88 Å². The van der Waals surface area contributed by atoms with E-state index in [1.165, 1.54) is 6.07 Å². The number of carbonyl (C=O) groups is 1. The molecule has 2 aromatic rings. The highest BCUT2D eigenvalue weighted by Gasteiger charge is 2.18. The van der Waals surface area contributed by atoms with E-state index in [-0.39, 0.29) is 34.8 Å². The summed E-state index contributed by atoms with van der Waals surface area (Å²) in [6.45, 7) is 3.97. The van der Waals surface area contributed by atoms with Crippen LogP contribution >= 0.6 is 0 Å². The SMILES string of the molecule is CCOc1nc(C(=O)N[C@H](C)c2ccccc2)cc(N)c1C#N. The van der Waals surface area contributed by atoms with Crippen molar-refractivity contribution in [2.45, 2.75) is 19.9 Å². The summed E-state index contributed by atoms with van der Waals surface area (Å²) in [6.07, 6.45) is 0. The van der Waals surface area contributed by atoms with Crippen LogP contribution in [-0.4, -0.2) is 17.5 Å². The first-order chi connectivity index (χ1) is 11.1. The second-order valence-corrected chi connectivity index (χ2v) is 4.93. The van der Waals surface area contributed by atoms with Gasteiger partial charge in [-0.1, -0.05) is 30.3 Å². The van der Waals surface area contributed by atoms with Crippen LogP contribution in [0.4, 0.5) is 5.69 Å². The van der Waals surface area contributed by atoms with Crippen molar-refractivity contribution in [3.8, 4) is 11.9 Å². The lowest BCUT2D eigenvalue weighted by molar-refractivity contribution is 0.0933. The second kappa shape index (κ2) is 7.27. The predicted octanol–water partition coefficient (Wildman–Crippen LogP) is 2.43. The zero-order chi connectivity index (χ0) is 16.8. The maximum atomic E-state index is 12.4. The number of nitrogens with one attached hydrogen (secondary N) is 1. The van der Waals surface area contributed by atoms with E-state index in [1.807, 2.05) is 43.3 Å². The monoisotopic (exact) mass is 310 g/mol. The van der Waals surface area contributed by atoms with Gasteiger partial charge in [-0.2, -0.15) is 5.26 Å². The molecular weight excluding hydrogens is 292 g/mol. The number of anilines is 1. The Kier molecular flexibility index (Phi) is 5.15. The molecule has 0 aliphatic heterocycles. The van der Waals surface area contributed by atoms with Crippen molar-refractivity contribution in [1.29, 1.82) is 5.26 Å². The van der Waals surface area contributed by atoms with Crippen LogP contribution in [-0.2, 0) is 0 Å². The highest BCUT2D eigenvalue weighted by molar-refractivity contribution is 5.94. The van der Waals surface area contributed by atoms with Crippen molar-refractivity contribution >= 4 is 11.6 Å². The number of aromatic nitrogens is 1. The lowest BCUT2D eigenvalue weighted by Gasteiger charge is -2.15. The Balaban J connectivity index is 2.24. The molecule has 1 atom stereocenters. The molecule has 0 radical (unpaired) electrons. The molecule has 1 aromatic heterocycles. The predicted molar refractivity (Wildman–Crippen MR) is 86.9 cm³/mol. The maximum Gasteiger partial charge on any atom is 0.270 e. The van der Waals surface area contributed by atoms with Gasteiger partial charge < -0.3 is 15.8 Å². The number of nitriles is 1. The molecule has 6 heteroatoms. The molecule has 2 rings (SSSR count). The molecule has 0 spiro atoms. The lowest BCUT2D eigenvalue weighted by atomic mass is 10.1. The average Bonchev–Trinajstić information content (AvgIpc) is 2.55. The normalized spacial score (nSPS) is 11.3. The van der Waals surface area contributed by atoms with Crippen molar-refractivity contribution in [3.05, 3.63) is 53.2 Å². The highest BCUT2D eigenvalue weighted by atomic mass is 16.5. The van der Waals surface area contributed by atoms with Gasteiger partial charge in [-0.05, 0) is 25.5 Å². The Morgan fingerprint density at radius 2 is 2.13 bits per heavy atom. The number of hydrogen-bond donors (Lipinski definition) is 2. The summed E-state index contributed by atoms with van der Waals surface area (Å²) in [4.78, 5) is 16.5. The van der Waals surface area contributed by atoms with Crippen molar-refractivity contribution in [2.24, 2.45) is 0 Å². The first-order valence-electron chi connectivity index (χ1n) is 7.26. The van der Waals surface area contributed by atoms with Gasteiger partial charge in [-0.3, -0.25) is 4.79 Å². The van der Waals surface area contributed by atoms with E-state index in [2.05, 4.69) is 10.3 Å². The third-order valence-corrected chi connectivity index (χ3v) is 3.29. The zero-order valence-electron chi connectivity index (χ0n) is 13.0. The summed E-state index contributed by atoms with van der Waals surface area (Å²) >= 11 is 0. The molecule has 1 heterocycles. The van der Waals surface area contributed by atoms with E-state index >= 15 is 0 Å². The summed E-state index contributed by atoms with van der Waals surface area (Å²) in [7, 11) is 0. The summed E-state index contributed by atoms with van der Waals surface area (Å²) < 4.78 is 5.30. The van der Waals surface area contributed by atoms with Crippen LogP contribution in [0.3, 0.4) is 0 Å². The fourth-order valence-corrected chi connectivity index (χ4v) is 2.11. The number of hydrogen-bond acceptors (Lipinski definition) is 5. The fourth-order valence-electron chi connectivity index (χ4n) is 2.11. The minimum absolute atomic E-state index is 0.0764. The fraction of sp³-hybridized carbons (Fsp3) is 0.235. The molecule has 118 valence electrons. The number of nitrogen functional groups attached to an aromatic ring is 1. The molecule has 0 unspecified atom stereocenters. The van der Waals surface area contributed by atoms with Crippen molar-refractivity contribution < 1.29 is 9.53 Å². The number of amides is 1. The smallest absolute Gasteiger partial charge is 0.270 e. The zero-order valence-corrected chi connectivity index (χ0v) is 13.0. The first kappa shape index (κ1) is 16.3. The third-order valence-electron chi connectivity index (χ3n) is 3.29. The largest absolute Gasteiger partial charge is 0.477 e. The van der Waals surface area contributed by atoms with Crippen LogP contribution in [0.1, 0.15) is 41.5 Å². The van der Waals surface area contributed by atoms with E-state index in [0.29, 0.717) is 6.61 Å². The molecule has 0 fully saturated rings. The van der Waals surface area contributed by atoms with Gasteiger partial charge in [0.1, 0.15) is 17.3 Å². The molecule has 0 aliphatic rings. The minimum atomic E-state index is -0.376. The van der Waals surface area contributed by atoms with E-state index in [4.69, 9.17) is 15.7 Å². The van der Waals surface area contributed by atoms with Gasteiger partial charge in [0, 0.05) is 0 Å².